The highest BCUT2D eigenvalue weighted by Crippen LogP contribution is 2.34. The van der Waals surface area contributed by atoms with Gasteiger partial charge < -0.3 is 15.1 Å². The van der Waals surface area contributed by atoms with Gasteiger partial charge >= 0.3 is 0 Å². The summed E-state index contributed by atoms with van der Waals surface area (Å²) in [6.45, 7) is 1.88. The van der Waals surface area contributed by atoms with Crippen molar-refractivity contribution in [1.29, 1.82) is 0 Å². The number of carbonyl (C=O) groups excluding carboxylic acids is 1. The van der Waals surface area contributed by atoms with Gasteiger partial charge in [-0.05, 0) is 38.1 Å². The maximum Gasteiger partial charge on any atom is 0.263 e. The molecule has 1 aliphatic rings. The first-order chi connectivity index (χ1) is 12.3. The van der Waals surface area contributed by atoms with Crippen LogP contribution in [0.1, 0.15) is 22.5 Å². The molecule has 1 fully saturated rings. The van der Waals surface area contributed by atoms with Crippen LogP contribution in [0.5, 0.6) is 0 Å². The lowest BCUT2D eigenvalue weighted by Crippen LogP contribution is -2.42. The number of halogens is 2. The van der Waals surface area contributed by atoms with Crippen LogP contribution in [-0.2, 0) is 0 Å². The van der Waals surface area contributed by atoms with Crippen LogP contribution in [-0.4, -0.2) is 30.0 Å². The van der Waals surface area contributed by atoms with Crippen LogP contribution in [0.3, 0.4) is 0 Å². The Bertz CT molecular complexity index is 847. The maximum atomic E-state index is 12.9. The lowest BCUT2D eigenvalue weighted by atomic mass is 10.1. The molecule has 27 heavy (non-hydrogen) atoms. The second-order valence-corrected chi connectivity index (χ2v) is 7.04. The molecule has 8 heteroatoms. The normalized spacial score (nSPS) is 14.1. The average molecular weight is 426 g/mol. The van der Waals surface area contributed by atoms with E-state index in [1.165, 1.54) is 11.3 Å². The zero-order valence-corrected chi connectivity index (χ0v) is 17.0. The third-order valence-corrected chi connectivity index (χ3v) is 5.36. The minimum atomic E-state index is -0.0546. The third-order valence-electron chi connectivity index (χ3n) is 4.29. The second kappa shape index (κ2) is 9.90. The number of amides is 1. The first-order valence-corrected chi connectivity index (χ1v) is 9.24. The van der Waals surface area contributed by atoms with E-state index < -0.39 is 0 Å². The Balaban J connectivity index is 0.00000131. The van der Waals surface area contributed by atoms with E-state index in [4.69, 9.17) is 4.42 Å². The zero-order valence-electron chi connectivity index (χ0n) is 14.5. The minimum Gasteiger partial charge on any atom is -0.462 e. The molecule has 3 heterocycles. The number of nitrogens with one attached hydrogen (secondary N) is 2. The molecule has 1 saturated heterocycles. The molecule has 1 aromatic carbocycles. The van der Waals surface area contributed by atoms with E-state index in [-0.39, 0.29) is 36.8 Å². The van der Waals surface area contributed by atoms with Gasteiger partial charge in [0.1, 0.15) is 4.88 Å². The molecule has 0 atom stereocenters. The fraction of sp³-hybridized carbons (Fsp3) is 0.263. The number of furan rings is 1. The third kappa shape index (κ3) is 4.90. The van der Waals surface area contributed by atoms with Crippen LogP contribution in [0.15, 0.2) is 53.1 Å². The van der Waals surface area contributed by atoms with Gasteiger partial charge in [0.25, 0.3) is 5.91 Å². The molecule has 0 saturated carbocycles. The Morgan fingerprint density at radius 1 is 1.11 bits per heavy atom. The molecular formula is C19H21Cl2N3O2S. The lowest BCUT2D eigenvalue weighted by Gasteiger charge is -2.23. The van der Waals surface area contributed by atoms with Gasteiger partial charge in [-0.2, -0.15) is 0 Å². The van der Waals surface area contributed by atoms with Crippen molar-refractivity contribution in [2.45, 2.75) is 18.9 Å². The van der Waals surface area contributed by atoms with E-state index in [2.05, 4.69) is 15.6 Å². The highest BCUT2D eigenvalue weighted by Gasteiger charge is 2.23. The molecule has 2 aromatic heterocycles. The minimum absolute atomic E-state index is 0. The highest BCUT2D eigenvalue weighted by molar-refractivity contribution is 7.17. The highest BCUT2D eigenvalue weighted by atomic mass is 35.5. The van der Waals surface area contributed by atoms with Gasteiger partial charge in [-0.3, -0.25) is 4.79 Å². The topological polar surface area (TPSA) is 67.2 Å². The first-order valence-electron chi connectivity index (χ1n) is 8.43. The van der Waals surface area contributed by atoms with E-state index in [0.29, 0.717) is 16.3 Å². The molecule has 5 nitrogen and oxygen atoms in total. The zero-order chi connectivity index (χ0) is 17.1. The van der Waals surface area contributed by atoms with Gasteiger partial charge in [-0.1, -0.05) is 30.3 Å². The van der Waals surface area contributed by atoms with Crippen molar-refractivity contribution in [2.75, 3.05) is 13.1 Å². The average Bonchev–Trinajstić information content (AvgIpc) is 3.33. The SMILES string of the molecule is Cl.Cl.O=C(NC1CCNCC1)c1sc(-c2ccco2)nc1-c1ccccc1. The van der Waals surface area contributed by atoms with E-state index >= 15 is 0 Å². The smallest absolute Gasteiger partial charge is 0.263 e. The van der Waals surface area contributed by atoms with Crippen LogP contribution in [0, 0.1) is 0 Å². The Labute approximate surface area is 174 Å². The standard InChI is InChI=1S/C19H19N3O2S.2ClH/c23-18(21-14-8-10-20-11-9-14)17-16(13-5-2-1-3-6-13)22-19(25-17)15-7-4-12-24-15;;/h1-7,12,14,20H,8-11H2,(H,21,23);2*1H. The maximum absolute atomic E-state index is 12.9. The van der Waals surface area contributed by atoms with Gasteiger partial charge in [0, 0.05) is 11.6 Å². The van der Waals surface area contributed by atoms with E-state index in [0.717, 1.165) is 36.5 Å². The molecule has 0 aliphatic carbocycles. The second-order valence-electron chi connectivity index (χ2n) is 6.04. The van der Waals surface area contributed by atoms with Gasteiger partial charge in [0.2, 0.25) is 0 Å². The number of rotatable bonds is 4. The molecule has 144 valence electrons. The summed E-state index contributed by atoms with van der Waals surface area (Å²) < 4.78 is 5.46. The van der Waals surface area contributed by atoms with Crippen molar-refractivity contribution < 1.29 is 9.21 Å². The van der Waals surface area contributed by atoms with Crippen LogP contribution >= 0.6 is 36.2 Å². The van der Waals surface area contributed by atoms with Crippen molar-refractivity contribution >= 4 is 42.1 Å². The predicted octanol–water partition coefficient (Wildman–Crippen LogP) is 4.40. The number of thiazole rings is 1. The van der Waals surface area contributed by atoms with E-state index in [1.807, 2.05) is 42.5 Å². The molecule has 0 radical (unpaired) electrons. The summed E-state index contributed by atoms with van der Waals surface area (Å²) in [5, 5.41) is 7.20. The molecule has 2 N–H and O–H groups in total. The molecule has 1 amide bonds. The van der Waals surface area contributed by atoms with Crippen molar-refractivity contribution in [3.63, 3.8) is 0 Å². The van der Waals surface area contributed by atoms with Crippen LogP contribution < -0.4 is 10.6 Å². The number of nitrogens with zero attached hydrogens (tertiary/aromatic N) is 1. The molecule has 0 spiro atoms. The lowest BCUT2D eigenvalue weighted by molar-refractivity contribution is 0.0934. The van der Waals surface area contributed by atoms with Gasteiger partial charge in [-0.25, -0.2) is 4.98 Å². The summed E-state index contributed by atoms with van der Waals surface area (Å²) in [5.74, 6) is 0.629. The number of carbonyl (C=O) groups is 1. The fourth-order valence-corrected chi connectivity index (χ4v) is 3.95. The van der Waals surface area contributed by atoms with Crippen molar-refractivity contribution in [2.24, 2.45) is 0 Å². The molecule has 1 aliphatic heterocycles. The fourth-order valence-electron chi connectivity index (χ4n) is 2.99. The van der Waals surface area contributed by atoms with Crippen molar-refractivity contribution in [3.05, 3.63) is 53.6 Å². The van der Waals surface area contributed by atoms with Gasteiger partial charge in [0.15, 0.2) is 10.8 Å². The van der Waals surface area contributed by atoms with Gasteiger partial charge in [-0.15, -0.1) is 36.2 Å². The Morgan fingerprint density at radius 2 is 1.85 bits per heavy atom. The van der Waals surface area contributed by atoms with Gasteiger partial charge in [0.05, 0.1) is 12.0 Å². The van der Waals surface area contributed by atoms with Crippen LogP contribution in [0.4, 0.5) is 0 Å². The summed E-state index contributed by atoms with van der Waals surface area (Å²) in [4.78, 5) is 18.2. The summed E-state index contributed by atoms with van der Waals surface area (Å²) >= 11 is 1.38. The predicted molar refractivity (Wildman–Crippen MR) is 113 cm³/mol. The number of piperidine rings is 1. The summed E-state index contributed by atoms with van der Waals surface area (Å²) in [6, 6.07) is 13.7. The number of hydrogen-bond donors (Lipinski definition) is 2. The number of benzene rings is 1. The monoisotopic (exact) mass is 425 g/mol. The van der Waals surface area contributed by atoms with E-state index in [1.54, 1.807) is 6.26 Å². The van der Waals surface area contributed by atoms with Crippen LogP contribution in [0.25, 0.3) is 22.0 Å². The Kier molecular flexibility index (Phi) is 7.86. The summed E-state index contributed by atoms with van der Waals surface area (Å²) in [7, 11) is 0. The van der Waals surface area contributed by atoms with Crippen LogP contribution in [0.2, 0.25) is 0 Å². The summed E-state index contributed by atoms with van der Waals surface area (Å²) in [5.41, 5.74) is 1.65. The molecule has 3 aromatic rings. The Hall–Kier alpha value is -1.86. The summed E-state index contributed by atoms with van der Waals surface area (Å²) in [6.07, 6.45) is 3.53. The molecular weight excluding hydrogens is 405 g/mol. The number of aromatic nitrogens is 1. The largest absolute Gasteiger partial charge is 0.462 e. The van der Waals surface area contributed by atoms with Crippen molar-refractivity contribution in [1.82, 2.24) is 15.6 Å². The molecule has 0 unspecified atom stereocenters. The first kappa shape index (κ1) is 21.4. The van der Waals surface area contributed by atoms with Crippen molar-refractivity contribution in [3.8, 4) is 22.0 Å². The van der Waals surface area contributed by atoms with E-state index in [9.17, 15) is 4.79 Å². The molecule has 4 rings (SSSR count). The quantitative estimate of drug-likeness (QED) is 0.649. The number of hydrogen-bond acceptors (Lipinski definition) is 5. The molecule has 0 bridgehead atoms. The Morgan fingerprint density at radius 3 is 2.52 bits per heavy atom.